The summed E-state index contributed by atoms with van der Waals surface area (Å²) >= 11 is 0. The van der Waals surface area contributed by atoms with E-state index in [1.54, 1.807) is 12.3 Å². The first-order chi connectivity index (χ1) is 16.3. The van der Waals surface area contributed by atoms with Crippen molar-refractivity contribution in [3.63, 3.8) is 0 Å². The third-order valence-corrected chi connectivity index (χ3v) is 8.61. The summed E-state index contributed by atoms with van der Waals surface area (Å²) in [7, 11) is -3.77. The summed E-state index contributed by atoms with van der Waals surface area (Å²) in [5.74, 6) is 0.278. The Labute approximate surface area is 198 Å². The highest BCUT2D eigenvalue weighted by Crippen LogP contribution is 2.36. The number of aromatic amines is 1. The molecule has 2 aromatic heterocycles. The number of nitro groups is 1. The van der Waals surface area contributed by atoms with Gasteiger partial charge in [0.2, 0.25) is 10.0 Å². The maximum Gasteiger partial charge on any atom is 0.293 e. The molecule has 0 bridgehead atoms. The van der Waals surface area contributed by atoms with Gasteiger partial charge in [-0.2, -0.15) is 4.31 Å². The predicted molar refractivity (Wildman–Crippen MR) is 131 cm³/mol. The van der Waals surface area contributed by atoms with Crippen molar-refractivity contribution in [3.8, 4) is 0 Å². The normalized spacial score (nSPS) is 19.9. The van der Waals surface area contributed by atoms with Gasteiger partial charge >= 0.3 is 0 Å². The number of nitro benzene ring substituents is 1. The molecule has 1 unspecified atom stereocenters. The highest BCUT2D eigenvalue weighted by Gasteiger charge is 2.31. The van der Waals surface area contributed by atoms with Gasteiger partial charge in [0.15, 0.2) is 0 Å². The van der Waals surface area contributed by atoms with Gasteiger partial charge in [-0.1, -0.05) is 13.0 Å². The Morgan fingerprint density at radius 1 is 1.24 bits per heavy atom. The van der Waals surface area contributed by atoms with E-state index in [9.17, 15) is 18.5 Å². The maximum absolute atomic E-state index is 13.1. The molecule has 0 spiro atoms. The average molecular weight is 482 g/mol. The summed E-state index contributed by atoms with van der Waals surface area (Å²) < 4.78 is 27.7. The number of hydrogen-bond donors (Lipinski definition) is 1. The van der Waals surface area contributed by atoms with Crippen molar-refractivity contribution in [2.24, 2.45) is 5.92 Å². The highest BCUT2D eigenvalue weighted by molar-refractivity contribution is 7.89. The monoisotopic (exact) mass is 481 g/mol. The van der Waals surface area contributed by atoms with Gasteiger partial charge in [-0.15, -0.1) is 0 Å². The molecule has 2 aliphatic rings. The van der Waals surface area contributed by atoms with Crippen molar-refractivity contribution in [1.29, 1.82) is 0 Å². The van der Waals surface area contributed by atoms with Crippen molar-refractivity contribution in [3.05, 3.63) is 64.5 Å². The number of fused-ring (bicyclic) bond motifs is 1. The Kier molecular flexibility index (Phi) is 5.86. The van der Waals surface area contributed by atoms with Crippen molar-refractivity contribution >= 4 is 38.0 Å². The zero-order valence-corrected chi connectivity index (χ0v) is 19.8. The van der Waals surface area contributed by atoms with Crippen molar-refractivity contribution in [2.75, 3.05) is 31.1 Å². The Morgan fingerprint density at radius 2 is 2.09 bits per heavy atom. The molecule has 0 amide bonds. The molecule has 1 saturated heterocycles. The lowest BCUT2D eigenvalue weighted by molar-refractivity contribution is -0.384. The summed E-state index contributed by atoms with van der Waals surface area (Å²) in [5.41, 5.74) is 3.34. The number of aromatic nitrogens is 2. The van der Waals surface area contributed by atoms with Gasteiger partial charge in [0.25, 0.3) is 5.69 Å². The van der Waals surface area contributed by atoms with Crippen LogP contribution in [0.1, 0.15) is 31.7 Å². The molecule has 178 valence electrons. The van der Waals surface area contributed by atoms with Gasteiger partial charge in [0, 0.05) is 55.6 Å². The minimum atomic E-state index is -3.77. The molecule has 4 heterocycles. The molecule has 1 fully saturated rings. The second-order valence-corrected chi connectivity index (χ2v) is 11.0. The van der Waals surface area contributed by atoms with Crippen molar-refractivity contribution in [2.45, 2.75) is 31.1 Å². The Morgan fingerprint density at radius 3 is 2.82 bits per heavy atom. The van der Waals surface area contributed by atoms with Gasteiger partial charge in [-0.25, -0.2) is 13.4 Å². The second-order valence-electron chi connectivity index (χ2n) is 9.05. The molecule has 34 heavy (non-hydrogen) atoms. The summed E-state index contributed by atoms with van der Waals surface area (Å²) in [4.78, 5) is 20.9. The third-order valence-electron chi connectivity index (χ3n) is 6.75. The van der Waals surface area contributed by atoms with E-state index in [0.717, 1.165) is 35.0 Å². The summed E-state index contributed by atoms with van der Waals surface area (Å²) in [5, 5.41) is 13.0. The number of nitrogens with one attached hydrogen (secondary N) is 1. The first-order valence-corrected chi connectivity index (χ1v) is 12.9. The van der Waals surface area contributed by atoms with Gasteiger partial charge in [-0.05, 0) is 55.0 Å². The largest absolute Gasteiger partial charge is 0.362 e. The van der Waals surface area contributed by atoms with Crippen LogP contribution in [0.2, 0.25) is 0 Å². The van der Waals surface area contributed by atoms with Gasteiger partial charge in [-0.3, -0.25) is 10.1 Å². The first kappa shape index (κ1) is 22.5. The molecule has 1 atom stereocenters. The number of H-pyrrole nitrogens is 1. The SMILES string of the molecule is CC1CCCN(S(=O)(=O)c2ccc(N3CC=C(c4c[nH]c5ncccc45)CC3)c([N+](=O)[O-])c2)C1. The molecule has 9 nitrogen and oxygen atoms in total. The van der Waals surface area contributed by atoms with Crippen LogP contribution in [0.5, 0.6) is 0 Å². The van der Waals surface area contributed by atoms with Crippen molar-refractivity contribution in [1.82, 2.24) is 14.3 Å². The molecule has 2 aliphatic heterocycles. The molecule has 1 aromatic carbocycles. The minimum Gasteiger partial charge on any atom is -0.362 e. The lowest BCUT2D eigenvalue weighted by Gasteiger charge is -2.30. The van der Waals surface area contributed by atoms with E-state index in [-0.39, 0.29) is 16.5 Å². The van der Waals surface area contributed by atoms with E-state index in [4.69, 9.17) is 0 Å². The standard InChI is InChI=1S/C24H27N5O4S/c1-17-4-3-11-28(16-17)34(32,33)19-6-7-22(23(14-19)29(30)31)27-12-8-18(9-13-27)21-15-26-24-20(21)5-2-10-25-24/h2,5-8,10,14-15,17H,3-4,9,11-13,16H2,1H3,(H,25,26). The number of nitrogens with zero attached hydrogens (tertiary/aromatic N) is 4. The van der Waals surface area contributed by atoms with E-state index < -0.39 is 14.9 Å². The fourth-order valence-corrected chi connectivity index (χ4v) is 6.56. The Balaban J connectivity index is 1.42. The molecule has 3 aromatic rings. The smallest absolute Gasteiger partial charge is 0.293 e. The maximum atomic E-state index is 13.1. The highest BCUT2D eigenvalue weighted by atomic mass is 32.2. The van der Waals surface area contributed by atoms with Crippen LogP contribution in [0.4, 0.5) is 11.4 Å². The minimum absolute atomic E-state index is 0.0171. The molecule has 5 rings (SSSR count). The lowest BCUT2D eigenvalue weighted by atomic mass is 9.99. The molecular weight excluding hydrogens is 454 g/mol. The van der Waals surface area contributed by atoms with Crippen LogP contribution in [0.15, 0.2) is 53.7 Å². The number of benzene rings is 1. The average Bonchev–Trinajstić information content (AvgIpc) is 3.28. The zero-order valence-electron chi connectivity index (χ0n) is 19.0. The quantitative estimate of drug-likeness (QED) is 0.432. The molecule has 10 heteroatoms. The van der Waals surface area contributed by atoms with Crippen LogP contribution in [0, 0.1) is 16.0 Å². The zero-order chi connectivity index (χ0) is 23.9. The Hall–Kier alpha value is -3.24. The molecule has 1 N–H and O–H groups in total. The molecule has 0 radical (unpaired) electrons. The lowest BCUT2D eigenvalue weighted by Crippen LogP contribution is -2.39. The van der Waals surface area contributed by atoms with Crippen LogP contribution in [0.3, 0.4) is 0 Å². The van der Waals surface area contributed by atoms with Crippen LogP contribution in [0.25, 0.3) is 16.6 Å². The van der Waals surface area contributed by atoms with Crippen LogP contribution >= 0.6 is 0 Å². The topological polar surface area (TPSA) is 112 Å². The molecular formula is C24H27N5O4S. The number of anilines is 1. The third kappa shape index (κ3) is 4.07. The van der Waals surface area contributed by atoms with Crippen LogP contribution in [-0.4, -0.2) is 53.8 Å². The van der Waals surface area contributed by atoms with E-state index in [1.165, 1.54) is 16.4 Å². The van der Waals surface area contributed by atoms with E-state index in [2.05, 4.69) is 16.0 Å². The number of hydrogen-bond acceptors (Lipinski definition) is 6. The Bertz CT molecular complexity index is 1380. The summed E-state index contributed by atoms with van der Waals surface area (Å²) in [6, 6.07) is 8.22. The van der Waals surface area contributed by atoms with Crippen LogP contribution in [-0.2, 0) is 10.0 Å². The summed E-state index contributed by atoms with van der Waals surface area (Å²) in [6.45, 7) is 4.01. The number of sulfonamides is 1. The van der Waals surface area contributed by atoms with Crippen molar-refractivity contribution < 1.29 is 13.3 Å². The predicted octanol–water partition coefficient (Wildman–Crippen LogP) is 4.19. The first-order valence-electron chi connectivity index (χ1n) is 11.5. The number of piperidine rings is 1. The summed E-state index contributed by atoms with van der Waals surface area (Å²) in [6.07, 6.45) is 8.27. The second kappa shape index (κ2) is 8.84. The van der Waals surface area contributed by atoms with Gasteiger partial charge < -0.3 is 9.88 Å². The fourth-order valence-electron chi connectivity index (χ4n) is 4.95. The molecule has 0 saturated carbocycles. The number of pyridine rings is 1. The van der Waals surface area contributed by atoms with Gasteiger partial charge in [0.1, 0.15) is 11.3 Å². The van der Waals surface area contributed by atoms with E-state index in [1.807, 2.05) is 30.2 Å². The van der Waals surface area contributed by atoms with E-state index in [0.29, 0.717) is 38.3 Å². The molecule has 0 aliphatic carbocycles. The van der Waals surface area contributed by atoms with Crippen LogP contribution < -0.4 is 4.90 Å². The fraction of sp³-hybridized carbons (Fsp3) is 0.375. The van der Waals surface area contributed by atoms with E-state index >= 15 is 0 Å². The number of rotatable bonds is 5. The van der Waals surface area contributed by atoms with Gasteiger partial charge in [0.05, 0.1) is 9.82 Å².